The zero-order valence-corrected chi connectivity index (χ0v) is 10.1. The third-order valence-corrected chi connectivity index (χ3v) is 3.13. The minimum Gasteiger partial charge on any atom is -0.299 e. The lowest BCUT2D eigenvalue weighted by Gasteiger charge is -2.04. The Hall–Kier alpha value is -2.13. The van der Waals surface area contributed by atoms with Crippen molar-refractivity contribution in [3.63, 3.8) is 0 Å². The smallest absolute Gasteiger partial charge is 0.151 e. The van der Waals surface area contributed by atoms with Crippen molar-refractivity contribution in [1.29, 1.82) is 0 Å². The van der Waals surface area contributed by atoms with Crippen LogP contribution in [0, 0.1) is 0 Å². The molecule has 4 heteroatoms. The van der Waals surface area contributed by atoms with Gasteiger partial charge in [-0.2, -0.15) is 0 Å². The van der Waals surface area contributed by atoms with Gasteiger partial charge in [-0.05, 0) is 24.3 Å². The highest BCUT2D eigenvalue weighted by Crippen LogP contribution is 2.27. The highest BCUT2D eigenvalue weighted by molar-refractivity contribution is 6.33. The molecule has 2 heterocycles. The Morgan fingerprint density at radius 3 is 2.78 bits per heavy atom. The lowest BCUT2D eigenvalue weighted by atomic mass is 10.2. The minimum atomic E-state index is 0.605. The Kier molecular flexibility index (Phi) is 2.61. The van der Waals surface area contributed by atoms with E-state index in [4.69, 9.17) is 11.6 Å². The van der Waals surface area contributed by atoms with E-state index in [1.165, 1.54) is 0 Å². The van der Waals surface area contributed by atoms with E-state index in [-0.39, 0.29) is 0 Å². The van der Waals surface area contributed by atoms with Crippen LogP contribution in [0.5, 0.6) is 0 Å². The molecule has 0 atom stereocenters. The van der Waals surface area contributed by atoms with Gasteiger partial charge in [-0.15, -0.1) is 0 Å². The summed E-state index contributed by atoms with van der Waals surface area (Å²) in [4.78, 5) is 15.2. The number of nitrogens with zero attached hydrogens (tertiary/aromatic N) is 2. The van der Waals surface area contributed by atoms with Crippen LogP contribution in [0.15, 0.2) is 48.8 Å². The van der Waals surface area contributed by atoms with Crippen molar-refractivity contribution in [3.8, 4) is 11.4 Å². The van der Waals surface area contributed by atoms with Crippen LogP contribution in [-0.4, -0.2) is 15.7 Å². The molecule has 0 amide bonds. The normalized spacial score (nSPS) is 10.7. The molecule has 88 valence electrons. The fraction of sp³-hybridized carbons (Fsp3) is 0. The molecule has 0 bridgehead atoms. The maximum Gasteiger partial charge on any atom is 0.151 e. The van der Waals surface area contributed by atoms with Gasteiger partial charge in [0.1, 0.15) is 5.82 Å². The topological polar surface area (TPSA) is 34.4 Å². The highest BCUT2D eigenvalue weighted by Gasteiger charge is 2.09. The second-order valence-corrected chi connectivity index (χ2v) is 4.34. The van der Waals surface area contributed by atoms with E-state index in [0.717, 1.165) is 23.2 Å². The monoisotopic (exact) mass is 256 g/mol. The number of pyridine rings is 1. The average molecular weight is 257 g/mol. The van der Waals surface area contributed by atoms with Crippen LogP contribution < -0.4 is 0 Å². The Bertz CT molecular complexity index is 733. The third-order valence-electron chi connectivity index (χ3n) is 2.80. The number of rotatable bonds is 2. The summed E-state index contributed by atoms with van der Waals surface area (Å²) < 4.78 is 1.87. The molecule has 3 aromatic rings. The van der Waals surface area contributed by atoms with E-state index < -0.39 is 0 Å². The molecule has 0 saturated heterocycles. The summed E-state index contributed by atoms with van der Waals surface area (Å²) >= 11 is 6.17. The van der Waals surface area contributed by atoms with Gasteiger partial charge in [0.15, 0.2) is 6.29 Å². The van der Waals surface area contributed by atoms with Gasteiger partial charge in [-0.25, -0.2) is 4.98 Å². The van der Waals surface area contributed by atoms with Crippen molar-refractivity contribution in [1.82, 2.24) is 9.38 Å². The van der Waals surface area contributed by atoms with Crippen molar-refractivity contribution < 1.29 is 4.79 Å². The summed E-state index contributed by atoms with van der Waals surface area (Å²) in [6.45, 7) is 0. The van der Waals surface area contributed by atoms with Crippen LogP contribution >= 0.6 is 11.6 Å². The van der Waals surface area contributed by atoms with Crippen molar-refractivity contribution in [2.75, 3.05) is 0 Å². The molecule has 0 aliphatic heterocycles. The van der Waals surface area contributed by atoms with E-state index in [1.54, 1.807) is 18.5 Å². The Labute approximate surface area is 109 Å². The number of benzene rings is 1. The quantitative estimate of drug-likeness (QED) is 0.658. The van der Waals surface area contributed by atoms with Crippen LogP contribution in [0.25, 0.3) is 16.9 Å². The number of aldehydes is 1. The second-order valence-electron chi connectivity index (χ2n) is 3.94. The van der Waals surface area contributed by atoms with Crippen molar-refractivity contribution >= 4 is 23.4 Å². The number of hydrogen-bond acceptors (Lipinski definition) is 2. The van der Waals surface area contributed by atoms with Crippen molar-refractivity contribution in [2.24, 2.45) is 0 Å². The molecule has 0 spiro atoms. The first-order chi connectivity index (χ1) is 8.79. The number of carbonyl (C=O) groups excluding carboxylic acids is 1. The van der Waals surface area contributed by atoms with Gasteiger partial charge in [0.25, 0.3) is 0 Å². The fourth-order valence-electron chi connectivity index (χ4n) is 1.92. The lowest BCUT2D eigenvalue weighted by molar-refractivity contribution is 0.112. The maximum absolute atomic E-state index is 10.8. The van der Waals surface area contributed by atoms with Gasteiger partial charge in [-0.1, -0.05) is 23.7 Å². The molecule has 1 aromatic carbocycles. The van der Waals surface area contributed by atoms with Crippen molar-refractivity contribution in [2.45, 2.75) is 0 Å². The molecule has 0 unspecified atom stereocenters. The molecule has 0 aliphatic carbocycles. The zero-order valence-electron chi connectivity index (χ0n) is 9.38. The van der Waals surface area contributed by atoms with E-state index in [0.29, 0.717) is 10.6 Å². The summed E-state index contributed by atoms with van der Waals surface area (Å²) in [7, 11) is 0. The molecule has 3 rings (SSSR count). The first-order valence-corrected chi connectivity index (χ1v) is 5.84. The third kappa shape index (κ3) is 1.69. The molecule has 0 aliphatic rings. The van der Waals surface area contributed by atoms with Crippen LogP contribution in [0.3, 0.4) is 0 Å². The van der Waals surface area contributed by atoms with Crippen LogP contribution in [-0.2, 0) is 0 Å². The van der Waals surface area contributed by atoms with Gasteiger partial charge in [-0.3, -0.25) is 9.20 Å². The van der Waals surface area contributed by atoms with Gasteiger partial charge in [0.2, 0.25) is 0 Å². The largest absolute Gasteiger partial charge is 0.299 e. The summed E-state index contributed by atoms with van der Waals surface area (Å²) in [5.41, 5.74) is 2.38. The number of imidazole rings is 1. The molecule has 0 saturated carbocycles. The SMILES string of the molecule is O=Cc1ccc2cnc(-c3ccccc3Cl)n2c1. The summed E-state index contributed by atoms with van der Waals surface area (Å²) in [6.07, 6.45) is 4.33. The highest BCUT2D eigenvalue weighted by atomic mass is 35.5. The number of hydrogen-bond donors (Lipinski definition) is 0. The molecule has 0 fully saturated rings. The van der Waals surface area contributed by atoms with E-state index in [1.807, 2.05) is 34.7 Å². The maximum atomic E-state index is 10.8. The van der Waals surface area contributed by atoms with Crippen molar-refractivity contribution in [3.05, 3.63) is 59.4 Å². The first kappa shape index (κ1) is 11.0. The Balaban J connectivity index is 2.29. The predicted molar refractivity (Wildman–Crippen MR) is 71.0 cm³/mol. The van der Waals surface area contributed by atoms with Crippen LogP contribution in [0.4, 0.5) is 0 Å². The average Bonchev–Trinajstić information content (AvgIpc) is 2.82. The first-order valence-electron chi connectivity index (χ1n) is 5.47. The zero-order chi connectivity index (χ0) is 12.5. The van der Waals surface area contributed by atoms with Gasteiger partial charge < -0.3 is 0 Å². The number of halogens is 1. The summed E-state index contributed by atoms with van der Waals surface area (Å²) in [5.74, 6) is 0.735. The Morgan fingerprint density at radius 2 is 2.00 bits per heavy atom. The van der Waals surface area contributed by atoms with Gasteiger partial charge in [0.05, 0.1) is 16.7 Å². The number of fused-ring (bicyclic) bond motifs is 1. The summed E-state index contributed by atoms with van der Waals surface area (Å²) in [6, 6.07) is 11.1. The van der Waals surface area contributed by atoms with Gasteiger partial charge >= 0.3 is 0 Å². The lowest BCUT2D eigenvalue weighted by Crippen LogP contribution is -1.92. The summed E-state index contributed by atoms with van der Waals surface area (Å²) in [5, 5.41) is 0.640. The molecule has 3 nitrogen and oxygen atoms in total. The minimum absolute atomic E-state index is 0.605. The fourth-order valence-corrected chi connectivity index (χ4v) is 2.14. The molecule has 0 radical (unpaired) electrons. The molecule has 2 aromatic heterocycles. The Morgan fingerprint density at radius 1 is 1.17 bits per heavy atom. The standard InChI is InChI=1S/C14H9ClN2O/c15-13-4-2-1-3-12(13)14-16-7-11-6-5-10(9-18)8-17(11)14/h1-9H. The second kappa shape index (κ2) is 4.27. The molecular formula is C14H9ClN2O. The molecular weight excluding hydrogens is 248 g/mol. The van der Waals surface area contributed by atoms with E-state index >= 15 is 0 Å². The van der Waals surface area contributed by atoms with E-state index in [2.05, 4.69) is 4.98 Å². The number of aromatic nitrogens is 2. The number of carbonyl (C=O) groups is 1. The molecule has 18 heavy (non-hydrogen) atoms. The van der Waals surface area contributed by atoms with Crippen LogP contribution in [0.2, 0.25) is 5.02 Å². The van der Waals surface area contributed by atoms with E-state index in [9.17, 15) is 4.79 Å². The van der Waals surface area contributed by atoms with Gasteiger partial charge in [0, 0.05) is 17.3 Å². The van der Waals surface area contributed by atoms with Crippen LogP contribution in [0.1, 0.15) is 10.4 Å². The predicted octanol–water partition coefficient (Wildman–Crippen LogP) is 3.47. The molecule has 0 N–H and O–H groups in total.